The van der Waals surface area contributed by atoms with E-state index in [1.807, 2.05) is 48.5 Å². The molecule has 3 aromatic rings. The van der Waals surface area contributed by atoms with Gasteiger partial charge in [-0.3, -0.25) is 4.79 Å². The zero-order valence-electron chi connectivity index (χ0n) is 15.0. The van der Waals surface area contributed by atoms with Crippen molar-refractivity contribution < 1.29 is 19.0 Å². The molecule has 0 radical (unpaired) electrons. The number of hydrogen-bond acceptors (Lipinski definition) is 4. The van der Waals surface area contributed by atoms with Gasteiger partial charge in [0.15, 0.2) is 17.3 Å². The number of allylic oxidation sites excluding steroid dienone is 1. The summed E-state index contributed by atoms with van der Waals surface area (Å²) in [4.78, 5) is 12.7. The summed E-state index contributed by atoms with van der Waals surface area (Å²) in [7, 11) is 4.56. The number of ether oxygens (including phenoxy) is 3. The Hall–Kier alpha value is -3.27. The van der Waals surface area contributed by atoms with Gasteiger partial charge in [-0.15, -0.1) is 0 Å². The predicted octanol–water partition coefficient (Wildman–Crippen LogP) is 4.76. The van der Waals surface area contributed by atoms with Gasteiger partial charge in [0, 0.05) is 0 Å². The Morgan fingerprint density at radius 3 is 2.27 bits per heavy atom. The zero-order chi connectivity index (χ0) is 18.5. The molecule has 0 fully saturated rings. The van der Waals surface area contributed by atoms with Crippen LogP contribution in [-0.2, 0) is 0 Å². The lowest BCUT2D eigenvalue weighted by Crippen LogP contribution is -2.02. The van der Waals surface area contributed by atoms with Crippen molar-refractivity contribution in [2.45, 2.75) is 0 Å². The van der Waals surface area contributed by atoms with Crippen LogP contribution in [0.5, 0.6) is 17.2 Å². The van der Waals surface area contributed by atoms with Gasteiger partial charge >= 0.3 is 0 Å². The van der Waals surface area contributed by atoms with Gasteiger partial charge in [-0.2, -0.15) is 0 Å². The minimum atomic E-state index is -0.171. The monoisotopic (exact) mass is 348 g/mol. The second-order valence-corrected chi connectivity index (χ2v) is 5.65. The highest BCUT2D eigenvalue weighted by atomic mass is 16.5. The molecule has 4 heteroatoms. The summed E-state index contributed by atoms with van der Waals surface area (Å²) in [5, 5.41) is 2.23. The molecule has 0 aliphatic carbocycles. The van der Waals surface area contributed by atoms with Gasteiger partial charge in [-0.1, -0.05) is 48.5 Å². The highest BCUT2D eigenvalue weighted by Crippen LogP contribution is 2.40. The Kier molecular flexibility index (Phi) is 5.23. The number of hydrogen-bond donors (Lipinski definition) is 0. The molecule has 132 valence electrons. The van der Waals surface area contributed by atoms with Gasteiger partial charge in [0.25, 0.3) is 0 Å². The molecule has 0 aromatic heterocycles. The van der Waals surface area contributed by atoms with Crippen LogP contribution >= 0.6 is 0 Å². The van der Waals surface area contributed by atoms with Gasteiger partial charge in [-0.05, 0) is 34.5 Å². The first-order valence-electron chi connectivity index (χ1n) is 8.18. The molecule has 0 unspecified atom stereocenters. The Bertz CT molecular complexity index is 968. The van der Waals surface area contributed by atoms with E-state index in [0.29, 0.717) is 22.8 Å². The molecule has 0 saturated carbocycles. The van der Waals surface area contributed by atoms with Crippen LogP contribution in [-0.4, -0.2) is 27.1 Å². The number of carbonyl (C=O) groups is 1. The van der Waals surface area contributed by atoms with E-state index in [1.54, 1.807) is 25.3 Å². The van der Waals surface area contributed by atoms with Crippen molar-refractivity contribution in [3.63, 3.8) is 0 Å². The first-order chi connectivity index (χ1) is 12.7. The van der Waals surface area contributed by atoms with E-state index in [1.165, 1.54) is 14.2 Å². The van der Waals surface area contributed by atoms with Crippen molar-refractivity contribution in [1.29, 1.82) is 0 Å². The molecular formula is C22H20O4. The second kappa shape index (κ2) is 7.74. The number of carbonyl (C=O) groups excluding carboxylic acids is 1. The molecule has 0 spiro atoms. The van der Waals surface area contributed by atoms with Gasteiger partial charge in [0.05, 0.1) is 26.9 Å². The second-order valence-electron chi connectivity index (χ2n) is 5.65. The lowest BCUT2D eigenvalue weighted by molar-refractivity contribution is 0.104. The van der Waals surface area contributed by atoms with Crippen molar-refractivity contribution in [2.24, 2.45) is 0 Å². The summed E-state index contributed by atoms with van der Waals surface area (Å²) in [6.45, 7) is 0. The van der Waals surface area contributed by atoms with E-state index in [0.717, 1.165) is 16.3 Å². The topological polar surface area (TPSA) is 44.8 Å². The van der Waals surface area contributed by atoms with Crippen LogP contribution in [0.1, 0.15) is 15.9 Å². The third kappa shape index (κ3) is 3.26. The fourth-order valence-electron chi connectivity index (χ4n) is 2.95. The largest absolute Gasteiger partial charge is 0.493 e. The molecular weight excluding hydrogens is 328 g/mol. The van der Waals surface area contributed by atoms with Crippen LogP contribution in [0.4, 0.5) is 0 Å². The van der Waals surface area contributed by atoms with Crippen LogP contribution in [0, 0.1) is 0 Å². The predicted molar refractivity (Wildman–Crippen MR) is 103 cm³/mol. The molecule has 3 rings (SSSR count). The smallest absolute Gasteiger partial charge is 0.204 e. The Balaban J connectivity index is 1.98. The normalized spacial score (nSPS) is 10.9. The van der Waals surface area contributed by atoms with Gasteiger partial charge in [-0.25, -0.2) is 0 Å². The minimum absolute atomic E-state index is 0.171. The third-order valence-corrected chi connectivity index (χ3v) is 4.21. The van der Waals surface area contributed by atoms with Crippen LogP contribution < -0.4 is 14.2 Å². The van der Waals surface area contributed by atoms with Gasteiger partial charge in [0.2, 0.25) is 5.75 Å². The average molecular weight is 348 g/mol. The third-order valence-electron chi connectivity index (χ3n) is 4.21. The zero-order valence-corrected chi connectivity index (χ0v) is 15.0. The lowest BCUT2D eigenvalue weighted by Gasteiger charge is -2.14. The molecule has 0 heterocycles. The van der Waals surface area contributed by atoms with Crippen molar-refractivity contribution in [3.05, 3.63) is 71.8 Å². The summed E-state index contributed by atoms with van der Waals surface area (Å²) in [5.74, 6) is 1.11. The molecule has 3 aromatic carbocycles. The molecule has 0 aliphatic heterocycles. The summed E-state index contributed by atoms with van der Waals surface area (Å²) < 4.78 is 16.0. The fourth-order valence-corrected chi connectivity index (χ4v) is 2.95. The maximum atomic E-state index is 12.7. The summed E-state index contributed by atoms with van der Waals surface area (Å²) >= 11 is 0. The van der Waals surface area contributed by atoms with Gasteiger partial charge in [0.1, 0.15) is 0 Å². The summed E-state index contributed by atoms with van der Waals surface area (Å²) in [6, 6.07) is 17.4. The van der Waals surface area contributed by atoms with Crippen LogP contribution in [0.25, 0.3) is 16.8 Å². The number of ketones is 1. The van der Waals surface area contributed by atoms with Crippen molar-refractivity contribution in [1.82, 2.24) is 0 Å². The molecule has 0 N–H and O–H groups in total. The molecule has 4 nitrogen and oxygen atoms in total. The van der Waals surface area contributed by atoms with Crippen LogP contribution in [0.3, 0.4) is 0 Å². The quantitative estimate of drug-likeness (QED) is 0.476. The molecule has 26 heavy (non-hydrogen) atoms. The van der Waals surface area contributed by atoms with E-state index in [9.17, 15) is 4.79 Å². The van der Waals surface area contributed by atoms with E-state index < -0.39 is 0 Å². The molecule has 0 aliphatic rings. The molecule has 0 atom stereocenters. The van der Waals surface area contributed by atoms with E-state index in [4.69, 9.17) is 14.2 Å². The average Bonchev–Trinajstić information content (AvgIpc) is 2.70. The summed E-state index contributed by atoms with van der Waals surface area (Å²) in [6.07, 6.45) is 3.37. The SMILES string of the molecule is COc1ccc(C(=O)C=Cc2cccc3ccccc23)c(OC)c1OC. The van der Waals surface area contributed by atoms with Gasteiger partial charge < -0.3 is 14.2 Å². The van der Waals surface area contributed by atoms with Crippen LogP contribution in [0.2, 0.25) is 0 Å². The number of fused-ring (bicyclic) bond motifs is 1. The minimum Gasteiger partial charge on any atom is -0.493 e. The Morgan fingerprint density at radius 1 is 0.808 bits per heavy atom. The Morgan fingerprint density at radius 2 is 1.54 bits per heavy atom. The number of rotatable bonds is 6. The van der Waals surface area contributed by atoms with Crippen LogP contribution in [0.15, 0.2) is 60.7 Å². The van der Waals surface area contributed by atoms with E-state index in [-0.39, 0.29) is 5.78 Å². The number of methoxy groups -OCH3 is 3. The van der Waals surface area contributed by atoms with E-state index >= 15 is 0 Å². The van der Waals surface area contributed by atoms with Crippen molar-refractivity contribution >= 4 is 22.6 Å². The molecule has 0 saturated heterocycles. The van der Waals surface area contributed by atoms with Crippen molar-refractivity contribution in [3.8, 4) is 17.2 Å². The molecule has 0 amide bonds. The summed E-state index contributed by atoms with van der Waals surface area (Å²) in [5.41, 5.74) is 1.40. The first-order valence-corrected chi connectivity index (χ1v) is 8.18. The lowest BCUT2D eigenvalue weighted by atomic mass is 10.0. The van der Waals surface area contributed by atoms with Crippen molar-refractivity contribution in [2.75, 3.05) is 21.3 Å². The fraction of sp³-hybridized carbons (Fsp3) is 0.136. The highest BCUT2D eigenvalue weighted by Gasteiger charge is 2.19. The maximum Gasteiger partial charge on any atom is 0.204 e. The Labute approximate surface area is 152 Å². The number of benzene rings is 3. The van der Waals surface area contributed by atoms with E-state index in [2.05, 4.69) is 0 Å². The highest BCUT2D eigenvalue weighted by molar-refractivity contribution is 6.10. The maximum absolute atomic E-state index is 12.7. The molecule has 0 bridgehead atoms. The first kappa shape index (κ1) is 17.5. The standard InChI is InChI=1S/C22H20O4/c1-24-20-14-12-18(21(25-2)22(20)26-3)19(23)13-11-16-9-6-8-15-7-4-5-10-17(15)16/h4-14H,1-3H3.